The van der Waals surface area contributed by atoms with Gasteiger partial charge in [0.1, 0.15) is 31.5 Å². The van der Waals surface area contributed by atoms with Crippen LogP contribution in [0.15, 0.2) is 0 Å². The fraction of sp³-hybridized carbons (Fsp3) is 0.905. The SMILES string of the molecule is CCCCCCCC(=O)OC[C@@H](O)C(O)[C@@H](O)COC(=O)CCCCCCC. The van der Waals surface area contributed by atoms with Gasteiger partial charge in [0.2, 0.25) is 0 Å². The molecule has 0 aliphatic heterocycles. The molecule has 0 rings (SSSR count). The molecule has 0 aromatic rings. The molecular weight excluding hydrogens is 364 g/mol. The van der Waals surface area contributed by atoms with Gasteiger partial charge in [-0.15, -0.1) is 0 Å². The third-order valence-electron chi connectivity index (χ3n) is 4.59. The van der Waals surface area contributed by atoms with Crippen molar-refractivity contribution >= 4 is 11.9 Å². The fourth-order valence-corrected chi connectivity index (χ4v) is 2.70. The maximum Gasteiger partial charge on any atom is 0.305 e. The predicted molar refractivity (Wildman–Crippen MR) is 107 cm³/mol. The van der Waals surface area contributed by atoms with Crippen molar-refractivity contribution in [1.29, 1.82) is 0 Å². The molecule has 0 aliphatic carbocycles. The first kappa shape index (κ1) is 26.8. The second-order valence-corrected chi connectivity index (χ2v) is 7.32. The molecule has 1 unspecified atom stereocenters. The number of ether oxygens (including phenoxy) is 2. The van der Waals surface area contributed by atoms with E-state index < -0.39 is 43.5 Å². The molecule has 7 nitrogen and oxygen atoms in total. The molecule has 0 radical (unpaired) electrons. The molecule has 166 valence electrons. The highest BCUT2D eigenvalue weighted by Gasteiger charge is 2.27. The Balaban J connectivity index is 3.87. The highest BCUT2D eigenvalue weighted by Crippen LogP contribution is 2.09. The quantitative estimate of drug-likeness (QED) is 0.238. The summed E-state index contributed by atoms with van der Waals surface area (Å²) in [6, 6.07) is 0. The van der Waals surface area contributed by atoms with Crippen LogP contribution in [0.4, 0.5) is 0 Å². The Hall–Kier alpha value is -1.18. The summed E-state index contributed by atoms with van der Waals surface area (Å²) in [6.07, 6.45) is 6.17. The lowest BCUT2D eigenvalue weighted by molar-refractivity contribution is -0.157. The molecule has 0 fully saturated rings. The predicted octanol–water partition coefficient (Wildman–Crippen LogP) is 2.88. The zero-order valence-electron chi connectivity index (χ0n) is 17.6. The van der Waals surface area contributed by atoms with Crippen molar-refractivity contribution in [2.24, 2.45) is 0 Å². The minimum atomic E-state index is -1.56. The minimum Gasteiger partial charge on any atom is -0.463 e. The Bertz CT molecular complexity index is 364. The molecule has 0 aliphatic rings. The van der Waals surface area contributed by atoms with Crippen molar-refractivity contribution in [3.8, 4) is 0 Å². The van der Waals surface area contributed by atoms with Crippen molar-refractivity contribution in [3.05, 3.63) is 0 Å². The van der Waals surface area contributed by atoms with Gasteiger partial charge in [0, 0.05) is 12.8 Å². The molecular formula is C21H40O7. The maximum absolute atomic E-state index is 11.6. The Kier molecular flexibility index (Phi) is 17.1. The highest BCUT2D eigenvalue weighted by atomic mass is 16.6. The van der Waals surface area contributed by atoms with E-state index in [1.807, 2.05) is 0 Å². The third-order valence-corrected chi connectivity index (χ3v) is 4.59. The van der Waals surface area contributed by atoms with Gasteiger partial charge in [0.05, 0.1) is 0 Å². The summed E-state index contributed by atoms with van der Waals surface area (Å²) in [6.45, 7) is 3.42. The van der Waals surface area contributed by atoms with Crippen LogP contribution in [0, 0.1) is 0 Å². The second kappa shape index (κ2) is 17.9. The van der Waals surface area contributed by atoms with Crippen LogP contribution >= 0.6 is 0 Å². The zero-order chi connectivity index (χ0) is 21.2. The Morgan fingerprint density at radius 3 is 1.36 bits per heavy atom. The number of carbonyl (C=O) groups is 2. The summed E-state index contributed by atoms with van der Waals surface area (Å²) < 4.78 is 9.85. The van der Waals surface area contributed by atoms with Gasteiger partial charge in [0.15, 0.2) is 0 Å². The minimum absolute atomic E-state index is 0.269. The molecule has 28 heavy (non-hydrogen) atoms. The van der Waals surface area contributed by atoms with Crippen molar-refractivity contribution < 1.29 is 34.4 Å². The van der Waals surface area contributed by atoms with Crippen molar-refractivity contribution in [3.63, 3.8) is 0 Å². The van der Waals surface area contributed by atoms with Crippen LogP contribution < -0.4 is 0 Å². The Morgan fingerprint density at radius 1 is 0.643 bits per heavy atom. The van der Waals surface area contributed by atoms with Gasteiger partial charge in [0.25, 0.3) is 0 Å². The van der Waals surface area contributed by atoms with E-state index in [-0.39, 0.29) is 12.8 Å². The standard InChI is InChI=1S/C21H40O7/c1-3-5-7-9-11-13-19(24)27-15-17(22)21(26)18(23)16-28-20(25)14-12-10-8-6-4-2/h17-18,21-23,26H,3-16H2,1-2H3/t17-,18+,21?. The molecule has 0 heterocycles. The lowest BCUT2D eigenvalue weighted by atomic mass is 10.1. The van der Waals surface area contributed by atoms with Crippen molar-refractivity contribution in [2.45, 2.75) is 109 Å². The molecule has 3 N–H and O–H groups in total. The highest BCUT2D eigenvalue weighted by molar-refractivity contribution is 5.69. The zero-order valence-corrected chi connectivity index (χ0v) is 17.6. The second-order valence-electron chi connectivity index (χ2n) is 7.32. The third kappa shape index (κ3) is 14.8. The van der Waals surface area contributed by atoms with Crippen LogP contribution in [0.5, 0.6) is 0 Å². The van der Waals surface area contributed by atoms with E-state index in [0.29, 0.717) is 0 Å². The van der Waals surface area contributed by atoms with E-state index in [4.69, 9.17) is 9.47 Å². The van der Waals surface area contributed by atoms with E-state index in [1.54, 1.807) is 0 Å². The van der Waals surface area contributed by atoms with E-state index in [0.717, 1.165) is 64.2 Å². The first-order chi connectivity index (χ1) is 13.4. The Morgan fingerprint density at radius 2 is 1.00 bits per heavy atom. The lowest BCUT2D eigenvalue weighted by Crippen LogP contribution is -2.43. The number of esters is 2. The molecule has 0 saturated carbocycles. The van der Waals surface area contributed by atoms with Crippen LogP contribution in [0.2, 0.25) is 0 Å². The average Bonchev–Trinajstić information content (AvgIpc) is 2.69. The monoisotopic (exact) mass is 404 g/mol. The average molecular weight is 405 g/mol. The van der Waals surface area contributed by atoms with Gasteiger partial charge in [-0.05, 0) is 12.8 Å². The number of aliphatic hydroxyl groups excluding tert-OH is 3. The molecule has 0 spiro atoms. The first-order valence-corrected chi connectivity index (χ1v) is 10.8. The van der Waals surface area contributed by atoms with Crippen molar-refractivity contribution in [2.75, 3.05) is 13.2 Å². The Labute approximate surface area is 169 Å². The molecule has 0 saturated heterocycles. The van der Waals surface area contributed by atoms with Crippen LogP contribution in [-0.4, -0.2) is 58.8 Å². The van der Waals surface area contributed by atoms with Gasteiger partial charge in [-0.25, -0.2) is 0 Å². The van der Waals surface area contributed by atoms with Gasteiger partial charge in [-0.1, -0.05) is 65.2 Å². The van der Waals surface area contributed by atoms with Gasteiger partial charge in [-0.2, -0.15) is 0 Å². The summed E-state index contributed by atoms with van der Waals surface area (Å²) in [5.74, 6) is -0.876. The number of aliphatic hydroxyl groups is 3. The number of carbonyl (C=O) groups excluding carboxylic acids is 2. The molecule has 0 amide bonds. The number of unbranched alkanes of at least 4 members (excludes halogenated alkanes) is 8. The maximum atomic E-state index is 11.6. The number of hydrogen-bond acceptors (Lipinski definition) is 7. The van der Waals surface area contributed by atoms with Crippen LogP contribution in [-0.2, 0) is 19.1 Å². The van der Waals surface area contributed by atoms with Crippen molar-refractivity contribution in [1.82, 2.24) is 0 Å². The normalized spacial score (nSPS) is 14.3. The molecule has 0 bridgehead atoms. The topological polar surface area (TPSA) is 113 Å². The molecule has 3 atom stereocenters. The van der Waals surface area contributed by atoms with Crippen LogP contribution in [0.25, 0.3) is 0 Å². The molecule has 7 heteroatoms. The van der Waals surface area contributed by atoms with Crippen LogP contribution in [0.3, 0.4) is 0 Å². The number of rotatable bonds is 18. The van der Waals surface area contributed by atoms with E-state index in [9.17, 15) is 24.9 Å². The summed E-state index contributed by atoms with van der Waals surface area (Å²) in [7, 11) is 0. The summed E-state index contributed by atoms with van der Waals surface area (Å²) >= 11 is 0. The summed E-state index contributed by atoms with van der Waals surface area (Å²) in [5.41, 5.74) is 0. The van der Waals surface area contributed by atoms with E-state index >= 15 is 0 Å². The largest absolute Gasteiger partial charge is 0.463 e. The van der Waals surface area contributed by atoms with Crippen LogP contribution in [0.1, 0.15) is 90.9 Å². The van der Waals surface area contributed by atoms with Gasteiger partial charge >= 0.3 is 11.9 Å². The van der Waals surface area contributed by atoms with Gasteiger partial charge in [-0.3, -0.25) is 9.59 Å². The van der Waals surface area contributed by atoms with E-state index in [1.165, 1.54) is 0 Å². The number of hydrogen-bond donors (Lipinski definition) is 3. The first-order valence-electron chi connectivity index (χ1n) is 10.8. The fourth-order valence-electron chi connectivity index (χ4n) is 2.70. The molecule has 0 aromatic carbocycles. The lowest BCUT2D eigenvalue weighted by Gasteiger charge is -2.22. The van der Waals surface area contributed by atoms with E-state index in [2.05, 4.69) is 13.8 Å². The summed E-state index contributed by atoms with van der Waals surface area (Å²) in [5, 5.41) is 29.6. The molecule has 0 aromatic heterocycles. The van der Waals surface area contributed by atoms with Gasteiger partial charge < -0.3 is 24.8 Å². The smallest absolute Gasteiger partial charge is 0.305 e. The summed E-state index contributed by atoms with van der Waals surface area (Å²) in [4.78, 5) is 23.2.